The molecule has 17 heavy (non-hydrogen) atoms. The molecule has 0 saturated heterocycles. The monoisotopic (exact) mass is 251 g/mol. The fraction of sp³-hybridized carbons (Fsp3) is 0.182. The Morgan fingerprint density at radius 2 is 1.88 bits per heavy atom. The zero-order valence-electron chi connectivity index (χ0n) is 8.91. The molecule has 0 unspecified atom stereocenters. The van der Waals surface area contributed by atoms with Gasteiger partial charge in [-0.3, -0.25) is 9.59 Å². The van der Waals surface area contributed by atoms with Crippen LogP contribution in [0.3, 0.4) is 0 Å². The summed E-state index contributed by atoms with van der Waals surface area (Å²) in [4.78, 5) is 26.7. The maximum absolute atomic E-state index is 11.6. The number of nitrogens with zero attached hydrogens (tertiary/aromatic N) is 3. The van der Waals surface area contributed by atoms with Crippen molar-refractivity contribution < 1.29 is 0 Å². The van der Waals surface area contributed by atoms with E-state index in [1.54, 1.807) is 24.5 Å². The molecule has 0 radical (unpaired) electrons. The van der Waals surface area contributed by atoms with Gasteiger partial charge in [0, 0.05) is 37.7 Å². The minimum absolute atomic E-state index is 0.0621. The number of pyridine rings is 1. The number of halogens is 1. The van der Waals surface area contributed by atoms with Gasteiger partial charge < -0.3 is 9.13 Å². The minimum Gasteiger partial charge on any atom is -0.314 e. The summed E-state index contributed by atoms with van der Waals surface area (Å²) in [6, 6.07) is 4.92. The highest BCUT2D eigenvalue weighted by Gasteiger charge is 2.01. The van der Waals surface area contributed by atoms with Crippen molar-refractivity contribution in [3.8, 4) is 0 Å². The molecule has 0 aromatic carbocycles. The molecular weight excluding hydrogens is 242 g/mol. The van der Waals surface area contributed by atoms with Gasteiger partial charge in [-0.2, -0.15) is 0 Å². The maximum Gasteiger partial charge on any atom is 0.288 e. The van der Waals surface area contributed by atoms with E-state index in [4.69, 9.17) is 11.6 Å². The normalized spacial score (nSPS) is 10.4. The Kier molecular flexibility index (Phi) is 3.39. The average molecular weight is 252 g/mol. The summed E-state index contributed by atoms with van der Waals surface area (Å²) >= 11 is 5.61. The van der Waals surface area contributed by atoms with Crippen molar-refractivity contribution in [2.24, 2.45) is 0 Å². The zero-order valence-corrected chi connectivity index (χ0v) is 9.67. The molecule has 0 aliphatic carbocycles. The van der Waals surface area contributed by atoms with E-state index < -0.39 is 0 Å². The molecule has 5 nitrogen and oxygen atoms in total. The lowest BCUT2D eigenvalue weighted by Gasteiger charge is -2.07. The first-order valence-electron chi connectivity index (χ1n) is 5.05. The SMILES string of the molecule is O=c1ccccn1CCn1ccnc(Cl)c1=O. The van der Waals surface area contributed by atoms with Crippen LogP contribution in [0.15, 0.2) is 46.4 Å². The minimum atomic E-state index is -0.349. The van der Waals surface area contributed by atoms with Gasteiger partial charge in [-0.25, -0.2) is 4.98 Å². The average Bonchev–Trinajstić information content (AvgIpc) is 2.33. The van der Waals surface area contributed by atoms with Crippen molar-refractivity contribution in [1.29, 1.82) is 0 Å². The van der Waals surface area contributed by atoms with E-state index >= 15 is 0 Å². The Morgan fingerprint density at radius 1 is 1.12 bits per heavy atom. The third kappa shape index (κ3) is 2.62. The van der Waals surface area contributed by atoms with Crippen LogP contribution in [0, 0.1) is 0 Å². The van der Waals surface area contributed by atoms with E-state index in [0.29, 0.717) is 13.1 Å². The van der Waals surface area contributed by atoms with Crippen molar-refractivity contribution in [3.63, 3.8) is 0 Å². The van der Waals surface area contributed by atoms with Crippen LogP contribution in [-0.4, -0.2) is 14.1 Å². The molecule has 2 aromatic rings. The van der Waals surface area contributed by atoms with Crippen LogP contribution in [0.4, 0.5) is 0 Å². The molecule has 0 spiro atoms. The molecule has 2 aromatic heterocycles. The topological polar surface area (TPSA) is 56.9 Å². The van der Waals surface area contributed by atoms with E-state index in [-0.39, 0.29) is 16.3 Å². The summed E-state index contributed by atoms with van der Waals surface area (Å²) < 4.78 is 2.95. The molecule has 0 aliphatic rings. The number of aryl methyl sites for hydroxylation is 2. The molecule has 0 fully saturated rings. The first-order chi connectivity index (χ1) is 8.18. The molecule has 0 aliphatic heterocycles. The van der Waals surface area contributed by atoms with Crippen molar-refractivity contribution in [2.45, 2.75) is 13.1 Å². The lowest BCUT2D eigenvalue weighted by atomic mass is 10.4. The summed E-state index contributed by atoms with van der Waals surface area (Å²) in [5, 5.41) is -0.0621. The van der Waals surface area contributed by atoms with E-state index in [2.05, 4.69) is 4.98 Å². The number of rotatable bonds is 3. The quantitative estimate of drug-likeness (QED) is 0.809. The molecule has 0 N–H and O–H groups in total. The third-order valence-corrected chi connectivity index (χ3v) is 2.61. The maximum atomic E-state index is 11.6. The number of aromatic nitrogens is 3. The predicted octanol–water partition coefficient (Wildman–Crippen LogP) is 0.759. The lowest BCUT2D eigenvalue weighted by Crippen LogP contribution is -2.26. The molecule has 6 heteroatoms. The smallest absolute Gasteiger partial charge is 0.288 e. The van der Waals surface area contributed by atoms with Gasteiger partial charge in [0.05, 0.1) is 0 Å². The number of hydrogen-bond donors (Lipinski definition) is 0. The standard InChI is InChI=1S/C11H10ClN3O2/c12-10-11(17)15(6-4-13-10)8-7-14-5-2-1-3-9(14)16/h1-6H,7-8H2. The Bertz CT molecular complexity index is 633. The van der Waals surface area contributed by atoms with Crippen LogP contribution < -0.4 is 11.1 Å². The van der Waals surface area contributed by atoms with Gasteiger partial charge in [0.15, 0.2) is 5.15 Å². The Labute approximate surface area is 102 Å². The van der Waals surface area contributed by atoms with Crippen molar-refractivity contribution in [2.75, 3.05) is 0 Å². The lowest BCUT2D eigenvalue weighted by molar-refractivity contribution is 0.550. The highest BCUT2D eigenvalue weighted by Crippen LogP contribution is 1.94. The van der Waals surface area contributed by atoms with Crippen LogP contribution in [-0.2, 0) is 13.1 Å². The largest absolute Gasteiger partial charge is 0.314 e. The van der Waals surface area contributed by atoms with Gasteiger partial charge in [0.1, 0.15) is 0 Å². The molecule has 88 valence electrons. The highest BCUT2D eigenvalue weighted by atomic mass is 35.5. The van der Waals surface area contributed by atoms with Crippen molar-refractivity contribution >= 4 is 11.6 Å². The second-order valence-electron chi connectivity index (χ2n) is 3.45. The van der Waals surface area contributed by atoms with Crippen LogP contribution in [0.25, 0.3) is 0 Å². The number of hydrogen-bond acceptors (Lipinski definition) is 3. The van der Waals surface area contributed by atoms with Crippen LogP contribution in [0.2, 0.25) is 5.15 Å². The fourth-order valence-corrected chi connectivity index (χ4v) is 1.62. The van der Waals surface area contributed by atoms with E-state index in [1.807, 2.05) is 0 Å². The summed E-state index contributed by atoms with van der Waals surface area (Å²) in [7, 11) is 0. The molecule has 2 heterocycles. The molecule has 0 saturated carbocycles. The second kappa shape index (κ2) is 4.97. The van der Waals surface area contributed by atoms with E-state index in [9.17, 15) is 9.59 Å². The van der Waals surface area contributed by atoms with Gasteiger partial charge in [-0.1, -0.05) is 17.7 Å². The molecule has 0 bridgehead atoms. The molecule has 2 rings (SSSR count). The van der Waals surface area contributed by atoms with Gasteiger partial charge in [0.2, 0.25) is 0 Å². The second-order valence-corrected chi connectivity index (χ2v) is 3.81. The Hall–Kier alpha value is -1.88. The summed E-state index contributed by atoms with van der Waals surface area (Å²) in [6.45, 7) is 0.797. The third-order valence-electron chi connectivity index (χ3n) is 2.35. The van der Waals surface area contributed by atoms with E-state index in [1.165, 1.54) is 21.4 Å². The molecular formula is C11H10ClN3O2. The van der Waals surface area contributed by atoms with Gasteiger partial charge >= 0.3 is 0 Å². The summed E-state index contributed by atoms with van der Waals surface area (Å²) in [5.41, 5.74) is -0.446. The van der Waals surface area contributed by atoms with Crippen molar-refractivity contribution in [3.05, 3.63) is 62.7 Å². The predicted molar refractivity (Wildman–Crippen MR) is 64.2 cm³/mol. The Morgan fingerprint density at radius 3 is 2.65 bits per heavy atom. The van der Waals surface area contributed by atoms with Gasteiger partial charge in [-0.15, -0.1) is 0 Å². The first-order valence-corrected chi connectivity index (χ1v) is 5.43. The highest BCUT2D eigenvalue weighted by molar-refractivity contribution is 6.29. The first kappa shape index (κ1) is 11.6. The van der Waals surface area contributed by atoms with Gasteiger partial charge in [-0.05, 0) is 6.07 Å². The summed E-state index contributed by atoms with van der Waals surface area (Å²) in [6.07, 6.45) is 4.68. The van der Waals surface area contributed by atoms with Crippen LogP contribution >= 0.6 is 11.6 Å². The zero-order chi connectivity index (χ0) is 12.3. The van der Waals surface area contributed by atoms with Gasteiger partial charge in [0.25, 0.3) is 11.1 Å². The van der Waals surface area contributed by atoms with Crippen LogP contribution in [0.1, 0.15) is 0 Å². The molecule has 0 amide bonds. The molecule has 0 atom stereocenters. The van der Waals surface area contributed by atoms with Crippen molar-refractivity contribution in [1.82, 2.24) is 14.1 Å². The van der Waals surface area contributed by atoms with Crippen LogP contribution in [0.5, 0.6) is 0 Å². The Balaban J connectivity index is 2.19. The summed E-state index contributed by atoms with van der Waals surface area (Å²) in [5.74, 6) is 0. The fourth-order valence-electron chi connectivity index (χ4n) is 1.46. The van der Waals surface area contributed by atoms with E-state index in [0.717, 1.165) is 0 Å².